The maximum atomic E-state index is 12.2. The molecule has 0 aromatic rings. The Morgan fingerprint density at radius 1 is 1.37 bits per heavy atom. The number of hydrogen-bond acceptors (Lipinski definition) is 7. The van der Waals surface area contributed by atoms with Gasteiger partial charge in [0.05, 0.1) is 19.1 Å². The number of hydrogen-bond donors (Lipinski definition) is 2. The van der Waals surface area contributed by atoms with Crippen molar-refractivity contribution in [1.29, 1.82) is 0 Å². The molecular formula is C17H25N3O6S. The Bertz CT molecular complexity index is 622. The number of carbonyl (C=O) groups excluding carboxylic acids is 4. The first-order valence-corrected chi connectivity index (χ1v) is 9.12. The number of amides is 2. The Morgan fingerprint density at radius 3 is 2.70 bits per heavy atom. The topological polar surface area (TPSA) is 114 Å². The van der Waals surface area contributed by atoms with Gasteiger partial charge in [-0.05, 0) is 32.5 Å². The zero-order chi connectivity index (χ0) is 20.4. The highest BCUT2D eigenvalue weighted by Crippen LogP contribution is 2.12. The zero-order valence-corrected chi connectivity index (χ0v) is 16.5. The van der Waals surface area contributed by atoms with Crippen LogP contribution >= 0.6 is 12.2 Å². The van der Waals surface area contributed by atoms with Gasteiger partial charge in [0.1, 0.15) is 6.04 Å². The molecule has 150 valence electrons. The summed E-state index contributed by atoms with van der Waals surface area (Å²) in [4.78, 5) is 48.8. The van der Waals surface area contributed by atoms with Gasteiger partial charge in [0.2, 0.25) is 11.8 Å². The quantitative estimate of drug-likeness (QED) is 0.350. The second-order valence-electron chi connectivity index (χ2n) is 5.79. The van der Waals surface area contributed by atoms with Gasteiger partial charge >= 0.3 is 11.9 Å². The van der Waals surface area contributed by atoms with Crippen LogP contribution in [0.4, 0.5) is 0 Å². The number of thiocarbonyl (C=S) groups is 1. The van der Waals surface area contributed by atoms with Crippen LogP contribution in [0.15, 0.2) is 12.2 Å². The van der Waals surface area contributed by atoms with Crippen LogP contribution < -0.4 is 10.6 Å². The SMILES string of the molecule is CCOC(=O)/C=C/C(=O)NC(=S)N1CCNC(=O)C1CC(=O)OC(C)CC. The highest BCUT2D eigenvalue weighted by Gasteiger charge is 2.34. The summed E-state index contributed by atoms with van der Waals surface area (Å²) in [5, 5.41) is 5.07. The van der Waals surface area contributed by atoms with E-state index in [0.717, 1.165) is 12.2 Å². The lowest BCUT2D eigenvalue weighted by atomic mass is 10.1. The highest BCUT2D eigenvalue weighted by molar-refractivity contribution is 7.80. The number of piperazine rings is 1. The predicted octanol–water partition coefficient (Wildman–Crippen LogP) is 0.0390. The lowest BCUT2D eigenvalue weighted by Gasteiger charge is -2.36. The van der Waals surface area contributed by atoms with Crippen LogP contribution in [0.1, 0.15) is 33.6 Å². The van der Waals surface area contributed by atoms with E-state index < -0.39 is 23.9 Å². The minimum absolute atomic E-state index is 0.00954. The summed E-state index contributed by atoms with van der Waals surface area (Å²) in [7, 11) is 0. The van der Waals surface area contributed by atoms with Crippen molar-refractivity contribution in [3.05, 3.63) is 12.2 Å². The molecule has 2 N–H and O–H groups in total. The Hall–Kier alpha value is -2.49. The van der Waals surface area contributed by atoms with Crippen LogP contribution in [0.2, 0.25) is 0 Å². The fourth-order valence-electron chi connectivity index (χ4n) is 2.23. The first-order valence-electron chi connectivity index (χ1n) is 8.72. The minimum Gasteiger partial charge on any atom is -0.463 e. The summed E-state index contributed by atoms with van der Waals surface area (Å²) in [5.41, 5.74) is 0. The molecular weight excluding hydrogens is 374 g/mol. The molecule has 0 saturated carbocycles. The van der Waals surface area contributed by atoms with Gasteiger partial charge in [-0.3, -0.25) is 19.7 Å². The van der Waals surface area contributed by atoms with E-state index in [1.54, 1.807) is 13.8 Å². The lowest BCUT2D eigenvalue weighted by molar-refractivity contribution is -0.151. The summed E-state index contributed by atoms with van der Waals surface area (Å²) in [6.45, 7) is 6.14. The summed E-state index contributed by atoms with van der Waals surface area (Å²) < 4.78 is 9.88. The molecule has 2 unspecified atom stereocenters. The Kier molecular flexibility index (Phi) is 9.41. The van der Waals surface area contributed by atoms with E-state index in [1.165, 1.54) is 4.90 Å². The third-order valence-corrected chi connectivity index (χ3v) is 4.08. The number of nitrogens with one attached hydrogen (secondary N) is 2. The smallest absolute Gasteiger partial charge is 0.330 e. The number of ether oxygens (including phenoxy) is 2. The molecule has 0 aromatic carbocycles. The molecule has 0 radical (unpaired) electrons. The lowest BCUT2D eigenvalue weighted by Crippen LogP contribution is -2.60. The summed E-state index contributed by atoms with van der Waals surface area (Å²) in [5.74, 6) is -2.18. The molecule has 1 heterocycles. The van der Waals surface area contributed by atoms with Crippen molar-refractivity contribution in [2.24, 2.45) is 0 Å². The molecule has 1 saturated heterocycles. The standard InChI is InChI=1S/C17H25N3O6S/c1-4-11(3)26-15(23)10-12-16(24)18-8-9-20(12)17(27)19-13(21)6-7-14(22)25-5-2/h6-7,11-12H,4-5,8-10H2,1-3H3,(H,18,24)(H,19,21,27)/b7-6+. The number of rotatable bonds is 7. The molecule has 9 nitrogen and oxygen atoms in total. The van der Waals surface area contributed by atoms with E-state index in [-0.39, 0.29) is 30.2 Å². The molecule has 0 bridgehead atoms. The molecule has 0 aromatic heterocycles. The molecule has 1 fully saturated rings. The molecule has 1 aliphatic rings. The van der Waals surface area contributed by atoms with Crippen molar-refractivity contribution >= 4 is 41.1 Å². The average molecular weight is 399 g/mol. The molecule has 27 heavy (non-hydrogen) atoms. The van der Waals surface area contributed by atoms with Crippen LogP contribution in [0.5, 0.6) is 0 Å². The van der Waals surface area contributed by atoms with Gasteiger partial charge < -0.3 is 19.7 Å². The largest absolute Gasteiger partial charge is 0.463 e. The Labute approximate surface area is 163 Å². The summed E-state index contributed by atoms with van der Waals surface area (Å²) in [6.07, 6.45) is 2.18. The normalized spacial score (nSPS) is 17.8. The van der Waals surface area contributed by atoms with Gasteiger partial charge in [-0.2, -0.15) is 0 Å². The molecule has 1 aliphatic heterocycles. The van der Waals surface area contributed by atoms with E-state index in [2.05, 4.69) is 15.4 Å². The van der Waals surface area contributed by atoms with E-state index in [9.17, 15) is 19.2 Å². The number of esters is 2. The first kappa shape index (κ1) is 22.6. The zero-order valence-electron chi connectivity index (χ0n) is 15.6. The van der Waals surface area contributed by atoms with Gasteiger partial charge in [-0.25, -0.2) is 4.79 Å². The van der Waals surface area contributed by atoms with Crippen LogP contribution in [-0.2, 0) is 28.7 Å². The highest BCUT2D eigenvalue weighted by atomic mass is 32.1. The van der Waals surface area contributed by atoms with Gasteiger partial charge in [0, 0.05) is 25.2 Å². The van der Waals surface area contributed by atoms with Gasteiger partial charge in [0.15, 0.2) is 5.11 Å². The maximum absolute atomic E-state index is 12.2. The van der Waals surface area contributed by atoms with Gasteiger partial charge in [-0.15, -0.1) is 0 Å². The van der Waals surface area contributed by atoms with E-state index in [1.807, 2.05) is 6.92 Å². The molecule has 1 rings (SSSR count). The molecule has 10 heteroatoms. The van der Waals surface area contributed by atoms with Crippen molar-refractivity contribution in [1.82, 2.24) is 15.5 Å². The monoisotopic (exact) mass is 399 g/mol. The Morgan fingerprint density at radius 2 is 2.07 bits per heavy atom. The van der Waals surface area contributed by atoms with Crippen molar-refractivity contribution < 1.29 is 28.7 Å². The second-order valence-corrected chi connectivity index (χ2v) is 6.18. The first-order chi connectivity index (χ1) is 12.8. The van der Waals surface area contributed by atoms with Crippen molar-refractivity contribution in [3.63, 3.8) is 0 Å². The Balaban J connectivity index is 2.71. The second kappa shape index (κ2) is 11.3. The summed E-state index contributed by atoms with van der Waals surface area (Å²) in [6, 6.07) is -0.878. The predicted molar refractivity (Wildman–Crippen MR) is 100 cm³/mol. The third kappa shape index (κ3) is 7.73. The van der Waals surface area contributed by atoms with Crippen molar-refractivity contribution in [2.75, 3.05) is 19.7 Å². The van der Waals surface area contributed by atoms with Crippen molar-refractivity contribution in [2.45, 2.75) is 45.8 Å². The molecule has 0 spiro atoms. The fourth-order valence-corrected chi connectivity index (χ4v) is 2.55. The third-order valence-electron chi connectivity index (χ3n) is 3.75. The molecule has 2 amide bonds. The minimum atomic E-state index is -0.878. The molecule has 0 aliphatic carbocycles. The van der Waals surface area contributed by atoms with E-state index >= 15 is 0 Å². The van der Waals surface area contributed by atoms with Gasteiger partial charge in [-0.1, -0.05) is 6.92 Å². The van der Waals surface area contributed by atoms with Crippen molar-refractivity contribution in [3.8, 4) is 0 Å². The van der Waals surface area contributed by atoms with Crippen LogP contribution in [-0.4, -0.2) is 65.6 Å². The van der Waals surface area contributed by atoms with Crippen LogP contribution in [0.3, 0.4) is 0 Å². The average Bonchev–Trinajstić information content (AvgIpc) is 2.61. The van der Waals surface area contributed by atoms with Gasteiger partial charge in [0.25, 0.3) is 0 Å². The van der Waals surface area contributed by atoms with E-state index in [0.29, 0.717) is 19.5 Å². The van der Waals surface area contributed by atoms with E-state index in [4.69, 9.17) is 17.0 Å². The fraction of sp³-hybridized carbons (Fsp3) is 0.588. The molecule has 2 atom stereocenters. The van der Waals surface area contributed by atoms with Crippen LogP contribution in [0.25, 0.3) is 0 Å². The number of nitrogens with zero attached hydrogens (tertiary/aromatic N) is 1. The summed E-state index contributed by atoms with van der Waals surface area (Å²) >= 11 is 5.19. The number of carbonyl (C=O) groups is 4. The maximum Gasteiger partial charge on any atom is 0.330 e. The van der Waals surface area contributed by atoms with Crippen LogP contribution in [0, 0.1) is 0 Å².